The summed E-state index contributed by atoms with van der Waals surface area (Å²) >= 11 is 3.42. The molecule has 2 unspecified atom stereocenters. The fourth-order valence-electron chi connectivity index (χ4n) is 1.17. The molecule has 0 aromatic carbocycles. The Kier molecular flexibility index (Phi) is 4.89. The van der Waals surface area contributed by atoms with Crippen molar-refractivity contribution in [3.05, 3.63) is 11.1 Å². The lowest BCUT2D eigenvalue weighted by Crippen LogP contribution is -2.30. The van der Waals surface area contributed by atoms with Gasteiger partial charge in [-0.1, -0.05) is 0 Å². The van der Waals surface area contributed by atoms with Gasteiger partial charge in [-0.3, -0.25) is 0 Å². The van der Waals surface area contributed by atoms with Crippen molar-refractivity contribution in [2.24, 2.45) is 0 Å². The zero-order valence-corrected chi connectivity index (χ0v) is 11.2. The van der Waals surface area contributed by atoms with Crippen LogP contribution in [0.25, 0.3) is 0 Å². The molecule has 5 heteroatoms. The number of hydrogen-bond acceptors (Lipinski definition) is 5. The summed E-state index contributed by atoms with van der Waals surface area (Å²) < 4.78 is 0. The molecule has 0 aliphatic carbocycles. The normalized spacial score (nSPS) is 15.0. The van der Waals surface area contributed by atoms with Crippen LogP contribution < -0.4 is 4.90 Å². The first-order valence-corrected chi connectivity index (χ1v) is 7.18. The minimum atomic E-state index is -0.473. The Hall–Kier alpha value is -0.260. The monoisotopic (exact) mass is 246 g/mol. The lowest BCUT2D eigenvalue weighted by atomic mass is 10.3. The molecule has 0 radical (unpaired) electrons. The number of aliphatic hydroxyl groups is 1. The zero-order valence-electron chi connectivity index (χ0n) is 9.60. The number of anilines is 1. The maximum Gasteiger partial charge on any atom is 0.185 e. The third kappa shape index (κ3) is 3.36. The van der Waals surface area contributed by atoms with Crippen LogP contribution in [-0.4, -0.2) is 35.2 Å². The minimum Gasteiger partial charge on any atom is -0.387 e. The second-order valence-corrected chi connectivity index (χ2v) is 5.39. The molecule has 0 aliphatic rings. The molecule has 0 saturated heterocycles. The Bertz CT molecular complexity index is 301. The summed E-state index contributed by atoms with van der Waals surface area (Å²) in [4.78, 5) is 6.56. The molecular formula is C10H18N2OS2. The summed E-state index contributed by atoms with van der Waals surface area (Å²) in [7, 11) is 2.05. The molecule has 1 N–H and O–H groups in total. The van der Waals surface area contributed by atoms with Crippen LogP contribution in [0.15, 0.2) is 5.38 Å². The van der Waals surface area contributed by atoms with Crippen LogP contribution in [0.4, 0.5) is 5.13 Å². The average Bonchev–Trinajstić information content (AvgIpc) is 2.65. The van der Waals surface area contributed by atoms with Gasteiger partial charge in [0, 0.05) is 24.2 Å². The van der Waals surface area contributed by atoms with Gasteiger partial charge in [-0.25, -0.2) is 4.98 Å². The van der Waals surface area contributed by atoms with Crippen LogP contribution >= 0.6 is 23.1 Å². The van der Waals surface area contributed by atoms with Gasteiger partial charge in [-0.2, -0.15) is 11.8 Å². The highest BCUT2D eigenvalue weighted by atomic mass is 32.2. The minimum absolute atomic E-state index is 0.466. The van der Waals surface area contributed by atoms with E-state index >= 15 is 0 Å². The number of hydrogen-bond donors (Lipinski definition) is 1. The van der Waals surface area contributed by atoms with Crippen LogP contribution in [0.1, 0.15) is 25.6 Å². The Balaban J connectivity index is 2.69. The van der Waals surface area contributed by atoms with E-state index in [2.05, 4.69) is 23.1 Å². The van der Waals surface area contributed by atoms with E-state index in [4.69, 9.17) is 0 Å². The third-order valence-electron chi connectivity index (χ3n) is 2.31. The van der Waals surface area contributed by atoms with Gasteiger partial charge in [0.15, 0.2) is 5.13 Å². The third-order valence-corrected chi connectivity index (χ3v) is 4.07. The van der Waals surface area contributed by atoms with Gasteiger partial charge in [0.05, 0.1) is 11.8 Å². The van der Waals surface area contributed by atoms with E-state index < -0.39 is 6.10 Å². The first kappa shape index (κ1) is 12.8. The molecule has 0 bridgehead atoms. The highest BCUT2D eigenvalue weighted by molar-refractivity contribution is 7.98. The summed E-state index contributed by atoms with van der Waals surface area (Å²) in [6.07, 6.45) is 1.63. The summed E-state index contributed by atoms with van der Waals surface area (Å²) in [5.41, 5.74) is 0.762. The van der Waals surface area contributed by atoms with Crippen LogP contribution in [0.2, 0.25) is 0 Å². The van der Waals surface area contributed by atoms with Crippen molar-refractivity contribution in [2.75, 3.05) is 24.0 Å². The quantitative estimate of drug-likeness (QED) is 0.865. The molecule has 0 aliphatic heterocycles. The number of thiazole rings is 1. The molecule has 0 amide bonds. The highest BCUT2D eigenvalue weighted by Gasteiger charge is 2.14. The predicted molar refractivity (Wildman–Crippen MR) is 69.0 cm³/mol. The van der Waals surface area contributed by atoms with Crippen molar-refractivity contribution in [1.82, 2.24) is 4.98 Å². The molecule has 86 valence electrons. The lowest BCUT2D eigenvalue weighted by molar-refractivity contribution is 0.195. The molecule has 0 fully saturated rings. The summed E-state index contributed by atoms with van der Waals surface area (Å²) in [6.45, 7) is 3.92. The van der Waals surface area contributed by atoms with Gasteiger partial charge in [0.1, 0.15) is 0 Å². The number of rotatable bonds is 5. The highest BCUT2D eigenvalue weighted by Crippen LogP contribution is 2.24. The fourth-order valence-corrected chi connectivity index (χ4v) is 2.86. The summed E-state index contributed by atoms with van der Waals surface area (Å²) in [6, 6.07) is 0.466. The topological polar surface area (TPSA) is 36.4 Å². The maximum atomic E-state index is 9.38. The number of thioether (sulfide) groups is 1. The standard InChI is InChI=1S/C10H18N2OS2/c1-7(5-14-4)12(3)10-11-9(6-15-10)8(2)13/h6-8,13H,5H2,1-4H3. The SMILES string of the molecule is CSCC(C)N(C)c1nc(C(C)O)cs1. The van der Waals surface area contributed by atoms with E-state index in [0.717, 1.165) is 16.6 Å². The van der Waals surface area contributed by atoms with Crippen molar-refractivity contribution in [2.45, 2.75) is 26.0 Å². The number of aliphatic hydroxyl groups excluding tert-OH is 1. The van der Waals surface area contributed by atoms with Crippen molar-refractivity contribution < 1.29 is 5.11 Å². The Morgan fingerprint density at radius 3 is 2.73 bits per heavy atom. The van der Waals surface area contributed by atoms with E-state index in [1.165, 1.54) is 0 Å². The van der Waals surface area contributed by atoms with Crippen LogP contribution in [0.3, 0.4) is 0 Å². The lowest BCUT2D eigenvalue weighted by Gasteiger charge is -2.23. The van der Waals surface area contributed by atoms with Gasteiger partial charge in [0.25, 0.3) is 0 Å². The molecule has 0 saturated carbocycles. The predicted octanol–water partition coefficient (Wildman–Crippen LogP) is 2.38. The van der Waals surface area contributed by atoms with Crippen molar-refractivity contribution >= 4 is 28.2 Å². The second kappa shape index (κ2) is 5.72. The van der Waals surface area contributed by atoms with E-state index in [0.29, 0.717) is 6.04 Å². The van der Waals surface area contributed by atoms with Gasteiger partial charge in [0.2, 0.25) is 0 Å². The van der Waals surface area contributed by atoms with E-state index in [9.17, 15) is 5.11 Å². The van der Waals surface area contributed by atoms with Gasteiger partial charge >= 0.3 is 0 Å². The van der Waals surface area contributed by atoms with Crippen molar-refractivity contribution in [3.63, 3.8) is 0 Å². The largest absolute Gasteiger partial charge is 0.387 e. The van der Waals surface area contributed by atoms with Gasteiger partial charge in [-0.15, -0.1) is 11.3 Å². The molecular weight excluding hydrogens is 228 g/mol. The zero-order chi connectivity index (χ0) is 11.4. The smallest absolute Gasteiger partial charge is 0.185 e. The Labute approximate surface area is 99.5 Å². The average molecular weight is 246 g/mol. The fraction of sp³-hybridized carbons (Fsp3) is 0.700. The van der Waals surface area contributed by atoms with Crippen molar-refractivity contribution in [1.29, 1.82) is 0 Å². The Morgan fingerprint density at radius 2 is 2.27 bits per heavy atom. The van der Waals surface area contributed by atoms with Gasteiger partial charge < -0.3 is 10.0 Å². The molecule has 15 heavy (non-hydrogen) atoms. The van der Waals surface area contributed by atoms with Gasteiger partial charge in [-0.05, 0) is 20.1 Å². The summed E-state index contributed by atoms with van der Waals surface area (Å²) in [5.74, 6) is 1.08. The molecule has 1 aromatic heterocycles. The van der Waals surface area contributed by atoms with Crippen LogP contribution in [0.5, 0.6) is 0 Å². The number of aromatic nitrogens is 1. The molecule has 1 aromatic rings. The Morgan fingerprint density at radius 1 is 1.60 bits per heavy atom. The number of nitrogens with zero attached hydrogens (tertiary/aromatic N) is 2. The van der Waals surface area contributed by atoms with Crippen LogP contribution in [-0.2, 0) is 0 Å². The molecule has 1 rings (SSSR count). The molecule has 2 atom stereocenters. The maximum absolute atomic E-state index is 9.38. The first-order valence-electron chi connectivity index (χ1n) is 4.91. The molecule has 0 spiro atoms. The van der Waals surface area contributed by atoms with Crippen molar-refractivity contribution in [3.8, 4) is 0 Å². The summed E-state index contributed by atoms with van der Waals surface area (Å²) in [5, 5.41) is 12.3. The second-order valence-electron chi connectivity index (χ2n) is 3.65. The molecule has 3 nitrogen and oxygen atoms in total. The van der Waals surface area contributed by atoms with E-state index in [-0.39, 0.29) is 0 Å². The van der Waals surface area contributed by atoms with E-state index in [1.54, 1.807) is 18.3 Å². The molecule has 1 heterocycles. The first-order chi connectivity index (χ1) is 7.06. The van der Waals surface area contributed by atoms with E-state index in [1.807, 2.05) is 24.2 Å². The van der Waals surface area contributed by atoms with Crippen LogP contribution in [0, 0.1) is 0 Å².